The Bertz CT molecular complexity index is 588. The van der Waals surface area contributed by atoms with E-state index in [1.54, 1.807) is 0 Å². The number of carbonyl (C=O) groups excluding carboxylic acids is 1. The zero-order chi connectivity index (χ0) is 17.9. The fourth-order valence-electron chi connectivity index (χ4n) is 3.47. The molecule has 2 heterocycles. The molecule has 4 nitrogen and oxygen atoms in total. The average molecular weight is 352 g/mol. The van der Waals surface area contributed by atoms with Gasteiger partial charge in [-0.3, -0.25) is 4.79 Å². The van der Waals surface area contributed by atoms with Crippen molar-refractivity contribution in [3.8, 4) is 0 Å². The summed E-state index contributed by atoms with van der Waals surface area (Å²) in [6, 6.07) is -0.0236. The Hall–Kier alpha value is -1.69. The molecule has 0 radical (unpaired) electrons. The van der Waals surface area contributed by atoms with Crippen molar-refractivity contribution in [1.82, 2.24) is 10.2 Å². The number of allylic oxidation sites excluding steroid dienone is 1. The first-order valence-electron chi connectivity index (χ1n) is 9.10. The molecule has 0 spiro atoms. The van der Waals surface area contributed by atoms with Gasteiger partial charge in [-0.2, -0.15) is 0 Å². The van der Waals surface area contributed by atoms with Crippen LogP contribution in [0.15, 0.2) is 35.6 Å². The first-order chi connectivity index (χ1) is 12.0. The van der Waals surface area contributed by atoms with Crippen molar-refractivity contribution in [3.05, 3.63) is 35.6 Å². The van der Waals surface area contributed by atoms with E-state index in [0.717, 1.165) is 24.3 Å². The van der Waals surface area contributed by atoms with E-state index in [1.807, 2.05) is 19.1 Å². The molecule has 1 aliphatic carbocycles. The number of halogens is 2. The minimum Gasteiger partial charge on any atom is -0.493 e. The van der Waals surface area contributed by atoms with Crippen molar-refractivity contribution in [2.75, 3.05) is 26.2 Å². The molecule has 138 valence electrons. The topological polar surface area (TPSA) is 41.6 Å². The molecule has 1 fully saturated rings. The lowest BCUT2D eigenvalue weighted by Crippen LogP contribution is -2.41. The Morgan fingerprint density at radius 2 is 2.04 bits per heavy atom. The molecule has 0 aromatic heterocycles. The molecule has 1 saturated heterocycles. The van der Waals surface area contributed by atoms with Gasteiger partial charge >= 0.3 is 0 Å². The second-order valence-electron chi connectivity index (χ2n) is 6.97. The van der Waals surface area contributed by atoms with Gasteiger partial charge < -0.3 is 15.0 Å². The van der Waals surface area contributed by atoms with Gasteiger partial charge in [0.1, 0.15) is 5.76 Å². The van der Waals surface area contributed by atoms with Crippen molar-refractivity contribution >= 4 is 5.91 Å². The van der Waals surface area contributed by atoms with E-state index >= 15 is 0 Å². The number of likely N-dealkylation sites (tertiary alicyclic amines) is 1. The van der Waals surface area contributed by atoms with Crippen LogP contribution in [0.25, 0.3) is 0 Å². The van der Waals surface area contributed by atoms with E-state index in [1.165, 1.54) is 0 Å². The number of amides is 1. The lowest BCUT2D eigenvalue weighted by molar-refractivity contribution is -0.121. The number of carbonyl (C=O) groups is 1. The SMILES string of the molecule is CCC(=O)N[C@@H]1CCOC2=C1C=CC(CN1CCC(F)(F)CC1)C=C2. The first kappa shape index (κ1) is 18.1. The highest BCUT2D eigenvalue weighted by molar-refractivity contribution is 5.76. The zero-order valence-corrected chi connectivity index (χ0v) is 14.6. The molecule has 25 heavy (non-hydrogen) atoms. The molecule has 2 aliphatic heterocycles. The largest absolute Gasteiger partial charge is 0.493 e. The minimum absolute atomic E-state index is 0.0236. The predicted octanol–water partition coefficient (Wildman–Crippen LogP) is 3.03. The van der Waals surface area contributed by atoms with Crippen LogP contribution in [-0.2, 0) is 9.53 Å². The van der Waals surface area contributed by atoms with Gasteiger partial charge in [-0.25, -0.2) is 8.78 Å². The Morgan fingerprint density at radius 3 is 2.76 bits per heavy atom. The van der Waals surface area contributed by atoms with E-state index in [-0.39, 0.29) is 30.7 Å². The number of rotatable bonds is 4. The van der Waals surface area contributed by atoms with E-state index in [2.05, 4.69) is 22.4 Å². The van der Waals surface area contributed by atoms with Crippen molar-refractivity contribution in [2.24, 2.45) is 5.92 Å². The molecule has 2 atom stereocenters. The number of nitrogens with one attached hydrogen (secondary N) is 1. The van der Waals surface area contributed by atoms with Crippen molar-refractivity contribution in [3.63, 3.8) is 0 Å². The van der Waals surface area contributed by atoms with Crippen molar-refractivity contribution in [1.29, 1.82) is 0 Å². The highest BCUT2D eigenvalue weighted by Gasteiger charge is 2.34. The van der Waals surface area contributed by atoms with Crippen LogP contribution < -0.4 is 5.32 Å². The van der Waals surface area contributed by atoms with E-state index in [0.29, 0.717) is 26.1 Å². The number of hydrogen-bond donors (Lipinski definition) is 1. The quantitative estimate of drug-likeness (QED) is 0.846. The van der Waals surface area contributed by atoms with E-state index < -0.39 is 5.92 Å². The number of ether oxygens (including phenoxy) is 1. The number of alkyl halides is 2. The molecule has 1 N–H and O–H groups in total. The van der Waals surface area contributed by atoms with Gasteiger partial charge in [0.15, 0.2) is 0 Å². The number of nitrogens with zero attached hydrogens (tertiary/aromatic N) is 1. The van der Waals surface area contributed by atoms with Crippen LogP contribution in [0.3, 0.4) is 0 Å². The molecule has 1 amide bonds. The van der Waals surface area contributed by atoms with Crippen molar-refractivity contribution < 1.29 is 18.3 Å². The summed E-state index contributed by atoms with van der Waals surface area (Å²) >= 11 is 0. The summed E-state index contributed by atoms with van der Waals surface area (Å²) < 4.78 is 32.3. The smallest absolute Gasteiger partial charge is 0.250 e. The van der Waals surface area contributed by atoms with Gasteiger partial charge in [0.2, 0.25) is 5.91 Å². The normalized spacial score (nSPS) is 28.9. The fourth-order valence-corrected chi connectivity index (χ4v) is 3.47. The van der Waals surface area contributed by atoms with Gasteiger partial charge in [-0.1, -0.05) is 25.2 Å². The molecular formula is C19H26F2N2O2. The third kappa shape index (κ3) is 4.69. The maximum absolute atomic E-state index is 13.3. The minimum atomic E-state index is -2.51. The highest BCUT2D eigenvalue weighted by atomic mass is 19.3. The molecule has 3 aliphatic rings. The Balaban J connectivity index is 1.63. The molecular weight excluding hydrogens is 326 g/mol. The Morgan fingerprint density at radius 1 is 1.32 bits per heavy atom. The van der Waals surface area contributed by atoms with E-state index in [4.69, 9.17) is 4.74 Å². The van der Waals surface area contributed by atoms with Gasteiger partial charge in [0, 0.05) is 56.8 Å². The van der Waals surface area contributed by atoms with Gasteiger partial charge in [-0.15, -0.1) is 0 Å². The molecule has 6 heteroatoms. The van der Waals surface area contributed by atoms with Crippen LogP contribution in [-0.4, -0.2) is 49.0 Å². The fraction of sp³-hybridized carbons (Fsp3) is 0.632. The van der Waals surface area contributed by atoms with Crippen LogP contribution in [0.5, 0.6) is 0 Å². The van der Waals surface area contributed by atoms with Crippen LogP contribution in [0, 0.1) is 5.92 Å². The zero-order valence-electron chi connectivity index (χ0n) is 14.6. The molecule has 0 saturated carbocycles. The summed E-state index contributed by atoms with van der Waals surface area (Å²) in [4.78, 5) is 13.8. The second-order valence-corrected chi connectivity index (χ2v) is 6.97. The summed E-state index contributed by atoms with van der Waals surface area (Å²) in [6.45, 7) is 4.02. The van der Waals surface area contributed by atoms with Gasteiger partial charge in [0.05, 0.1) is 12.6 Å². The van der Waals surface area contributed by atoms with Crippen LogP contribution >= 0.6 is 0 Å². The molecule has 3 rings (SSSR count). The lowest BCUT2D eigenvalue weighted by Gasteiger charge is -2.32. The van der Waals surface area contributed by atoms with Gasteiger partial charge in [-0.05, 0) is 6.08 Å². The standard InChI is InChI=1S/C19H26F2N2O2/c1-2-18(24)22-16-7-12-25-17-6-4-14(3-5-15(16)17)13-23-10-8-19(20,21)9-11-23/h3-6,14,16H,2,7-13H2,1H3,(H,22,24)/t14?,16-/m1/s1. The second kappa shape index (κ2) is 7.68. The summed E-state index contributed by atoms with van der Waals surface area (Å²) in [5, 5.41) is 3.05. The monoisotopic (exact) mass is 352 g/mol. The molecule has 0 aromatic carbocycles. The summed E-state index contributed by atoms with van der Waals surface area (Å²) in [7, 11) is 0. The summed E-state index contributed by atoms with van der Waals surface area (Å²) in [5.41, 5.74) is 0.997. The molecule has 0 aromatic rings. The first-order valence-corrected chi connectivity index (χ1v) is 9.10. The van der Waals surface area contributed by atoms with Gasteiger partial charge in [0.25, 0.3) is 5.92 Å². The average Bonchev–Trinajstić information content (AvgIpc) is 2.80. The third-order valence-corrected chi connectivity index (χ3v) is 5.05. The summed E-state index contributed by atoms with van der Waals surface area (Å²) in [6.07, 6.45) is 9.24. The maximum Gasteiger partial charge on any atom is 0.250 e. The Kier molecular flexibility index (Phi) is 5.57. The molecule has 0 bridgehead atoms. The highest BCUT2D eigenvalue weighted by Crippen LogP contribution is 2.29. The summed E-state index contributed by atoms with van der Waals surface area (Å²) in [5.74, 6) is -1.52. The van der Waals surface area contributed by atoms with Crippen LogP contribution in [0.4, 0.5) is 8.78 Å². The number of piperidine rings is 1. The van der Waals surface area contributed by atoms with Crippen molar-refractivity contribution in [2.45, 2.75) is 44.6 Å². The third-order valence-electron chi connectivity index (χ3n) is 5.05. The number of hydrogen-bond acceptors (Lipinski definition) is 3. The lowest BCUT2D eigenvalue weighted by atomic mass is 9.99. The van der Waals surface area contributed by atoms with Crippen LogP contribution in [0.1, 0.15) is 32.6 Å². The predicted molar refractivity (Wildman–Crippen MR) is 92.2 cm³/mol. The van der Waals surface area contributed by atoms with E-state index in [9.17, 15) is 13.6 Å². The molecule has 1 unspecified atom stereocenters. The van der Waals surface area contributed by atoms with Crippen LogP contribution in [0.2, 0.25) is 0 Å². The maximum atomic E-state index is 13.3. The Labute approximate surface area is 147 Å².